The Morgan fingerprint density at radius 1 is 0.906 bits per heavy atom. The number of alkyl halides is 11. The van der Waals surface area contributed by atoms with Crippen molar-refractivity contribution >= 4 is 22.1 Å². The Kier molecular flexibility index (Phi) is 8.28. The van der Waals surface area contributed by atoms with Crippen molar-refractivity contribution in [1.82, 2.24) is 0 Å². The molecule has 0 aromatic rings. The third-order valence-corrected chi connectivity index (χ3v) is 3.61. The van der Waals surface area contributed by atoms with E-state index in [1.165, 1.54) is 0 Å². The lowest BCUT2D eigenvalue weighted by Crippen LogP contribution is -2.61. The molecule has 1 N–H and O–H groups in total. The zero-order valence-electron chi connectivity index (χ0n) is 14.2. The summed E-state index contributed by atoms with van der Waals surface area (Å²) >= 11 is 0. The van der Waals surface area contributed by atoms with Gasteiger partial charge >= 0.3 is 51.6 Å². The SMILES string of the molecule is C=C(F)C(=O)OC(OCC(F)(F)S(=O)(=O)O)(C(=O)OC(C(F)(F)F)C(F)(F)F)C(F)(F)F. The molecule has 1 unspecified atom stereocenters. The molecule has 8 nitrogen and oxygen atoms in total. The van der Waals surface area contributed by atoms with Crippen LogP contribution in [-0.4, -0.2) is 67.2 Å². The highest BCUT2D eigenvalue weighted by atomic mass is 32.2. The van der Waals surface area contributed by atoms with Gasteiger partial charge in [-0.25, -0.2) is 9.59 Å². The van der Waals surface area contributed by atoms with E-state index in [0.717, 1.165) is 0 Å². The first kappa shape index (κ1) is 29.7. The average Bonchev–Trinajstić information content (AvgIpc) is 2.51. The number of halogens is 12. The van der Waals surface area contributed by atoms with Gasteiger partial charge in [0.05, 0.1) is 0 Å². The predicted octanol–water partition coefficient (Wildman–Crippen LogP) is 2.81. The zero-order chi connectivity index (χ0) is 26.1. The van der Waals surface area contributed by atoms with Gasteiger partial charge in [-0.2, -0.15) is 61.1 Å². The molecule has 0 fully saturated rings. The molecule has 0 saturated carbocycles. The second-order valence-electron chi connectivity index (χ2n) is 5.18. The Bertz CT molecular complexity index is 828. The van der Waals surface area contributed by atoms with Crippen LogP contribution in [0.3, 0.4) is 0 Å². The highest BCUT2D eigenvalue weighted by Gasteiger charge is 2.71. The molecular weight excluding hydrogens is 520 g/mol. The van der Waals surface area contributed by atoms with Crippen LogP contribution in [0.4, 0.5) is 52.7 Å². The molecule has 0 bridgehead atoms. The first-order chi connectivity index (χ1) is 13.8. The molecule has 0 radical (unpaired) electrons. The number of carbonyl (C=O) groups is 2. The molecule has 0 aliphatic carbocycles. The number of hydrogen-bond donors (Lipinski definition) is 1. The van der Waals surface area contributed by atoms with Crippen molar-refractivity contribution in [2.75, 3.05) is 6.61 Å². The first-order valence-corrected chi connectivity index (χ1v) is 8.21. The van der Waals surface area contributed by atoms with Gasteiger partial charge in [-0.3, -0.25) is 4.55 Å². The molecule has 0 aliphatic heterocycles. The van der Waals surface area contributed by atoms with Crippen LogP contribution in [0.25, 0.3) is 0 Å². The van der Waals surface area contributed by atoms with Crippen LogP contribution in [0.15, 0.2) is 12.4 Å². The van der Waals surface area contributed by atoms with Crippen molar-refractivity contribution < 1.29 is 89.5 Å². The monoisotopic (exact) mass is 526 g/mol. The summed E-state index contributed by atoms with van der Waals surface area (Å²) < 4.78 is 191. The van der Waals surface area contributed by atoms with Gasteiger partial charge in [0.1, 0.15) is 6.61 Å². The molecule has 21 heteroatoms. The summed E-state index contributed by atoms with van der Waals surface area (Å²) in [4.78, 5) is 22.6. The normalized spacial score (nSPS) is 15.8. The fraction of sp³-hybridized carbons (Fsp3) is 0.636. The summed E-state index contributed by atoms with van der Waals surface area (Å²) in [7, 11) is -6.68. The van der Waals surface area contributed by atoms with E-state index in [2.05, 4.69) is 14.2 Å². The number of rotatable bonds is 8. The molecule has 0 saturated heterocycles. The molecule has 188 valence electrons. The van der Waals surface area contributed by atoms with Gasteiger partial charge < -0.3 is 14.2 Å². The quantitative estimate of drug-likeness (QED) is 0.169. The molecular formula is C11H6F12O8S. The molecule has 0 aromatic heterocycles. The van der Waals surface area contributed by atoms with Crippen LogP contribution >= 0.6 is 0 Å². The molecule has 0 spiro atoms. The van der Waals surface area contributed by atoms with E-state index in [4.69, 9.17) is 4.55 Å². The van der Waals surface area contributed by atoms with Crippen LogP contribution in [0.5, 0.6) is 0 Å². The summed E-state index contributed by atoms with van der Waals surface area (Å²) in [6, 6.07) is 0. The maximum Gasteiger partial charge on any atom is 0.468 e. The third kappa shape index (κ3) is 6.85. The lowest BCUT2D eigenvalue weighted by molar-refractivity contribution is -0.373. The Morgan fingerprint density at radius 3 is 1.59 bits per heavy atom. The predicted molar refractivity (Wildman–Crippen MR) is 69.6 cm³/mol. The van der Waals surface area contributed by atoms with Gasteiger partial charge in [-0.1, -0.05) is 6.58 Å². The van der Waals surface area contributed by atoms with Gasteiger partial charge in [0.2, 0.25) is 5.83 Å². The minimum Gasteiger partial charge on any atom is -0.438 e. The van der Waals surface area contributed by atoms with E-state index in [0.29, 0.717) is 0 Å². The van der Waals surface area contributed by atoms with E-state index < -0.39 is 70.2 Å². The van der Waals surface area contributed by atoms with Crippen molar-refractivity contribution in [3.05, 3.63) is 12.4 Å². The van der Waals surface area contributed by atoms with E-state index in [9.17, 15) is 70.7 Å². The molecule has 32 heavy (non-hydrogen) atoms. The first-order valence-electron chi connectivity index (χ1n) is 6.77. The molecule has 1 atom stereocenters. The Morgan fingerprint density at radius 2 is 1.31 bits per heavy atom. The summed E-state index contributed by atoms with van der Waals surface area (Å²) in [5.74, 6) is -15.8. The Hall–Kier alpha value is -2.29. The second kappa shape index (κ2) is 8.92. The van der Waals surface area contributed by atoms with Gasteiger partial charge in [0, 0.05) is 0 Å². The number of hydrogen-bond acceptors (Lipinski definition) is 7. The fourth-order valence-electron chi connectivity index (χ4n) is 1.34. The van der Waals surface area contributed by atoms with Gasteiger partial charge in [0.25, 0.3) is 6.10 Å². The van der Waals surface area contributed by atoms with Crippen molar-refractivity contribution in [3.8, 4) is 0 Å². The molecule has 0 amide bonds. The Balaban J connectivity index is 6.65. The summed E-state index contributed by atoms with van der Waals surface area (Å²) in [6.45, 7) is -1.37. The van der Waals surface area contributed by atoms with Crippen LogP contribution in [-0.2, 0) is 33.9 Å². The summed E-state index contributed by atoms with van der Waals surface area (Å²) in [5.41, 5.74) is 0. The number of ether oxygens (including phenoxy) is 3. The number of carbonyl (C=O) groups excluding carboxylic acids is 2. The van der Waals surface area contributed by atoms with Gasteiger partial charge in [-0.15, -0.1) is 0 Å². The van der Waals surface area contributed by atoms with E-state index in [1.807, 2.05) is 6.58 Å². The van der Waals surface area contributed by atoms with E-state index >= 15 is 0 Å². The van der Waals surface area contributed by atoms with Crippen molar-refractivity contribution in [3.63, 3.8) is 0 Å². The number of esters is 2. The highest BCUT2D eigenvalue weighted by Crippen LogP contribution is 2.42. The maximum absolute atomic E-state index is 13.3. The Labute approximate surface area is 167 Å². The van der Waals surface area contributed by atoms with E-state index in [1.54, 1.807) is 0 Å². The second-order valence-corrected chi connectivity index (χ2v) is 6.73. The molecule has 0 aromatic carbocycles. The molecule has 0 aliphatic rings. The van der Waals surface area contributed by atoms with Crippen LogP contribution in [0, 0.1) is 0 Å². The molecule has 0 heterocycles. The van der Waals surface area contributed by atoms with Crippen molar-refractivity contribution in [2.24, 2.45) is 0 Å². The van der Waals surface area contributed by atoms with Crippen molar-refractivity contribution in [1.29, 1.82) is 0 Å². The minimum absolute atomic E-state index is 2.01. The average molecular weight is 526 g/mol. The third-order valence-electron chi connectivity index (χ3n) is 2.74. The maximum atomic E-state index is 13.3. The summed E-state index contributed by atoms with van der Waals surface area (Å²) in [5, 5.41) is -5.82. The van der Waals surface area contributed by atoms with Crippen LogP contribution in [0.1, 0.15) is 0 Å². The van der Waals surface area contributed by atoms with Crippen LogP contribution < -0.4 is 0 Å². The van der Waals surface area contributed by atoms with Crippen LogP contribution in [0.2, 0.25) is 0 Å². The topological polar surface area (TPSA) is 116 Å². The minimum atomic E-state index is -6.91. The standard InChI is InChI=1S/C11H6F12O8S/c1-3(12)4(24)31-8(11(21,22)23,29-2-7(13,14)32(26,27)28)6(25)30-5(9(15,16)17)10(18,19)20/h5H,1-2H2,(H,26,27,28). The van der Waals surface area contributed by atoms with Gasteiger partial charge in [-0.05, 0) is 0 Å². The smallest absolute Gasteiger partial charge is 0.438 e. The lowest BCUT2D eigenvalue weighted by Gasteiger charge is -2.34. The van der Waals surface area contributed by atoms with Gasteiger partial charge in [0.15, 0.2) is 0 Å². The molecule has 0 rings (SSSR count). The highest BCUT2D eigenvalue weighted by molar-refractivity contribution is 7.86. The van der Waals surface area contributed by atoms with E-state index in [-0.39, 0.29) is 0 Å². The lowest BCUT2D eigenvalue weighted by atomic mass is 10.2. The zero-order valence-corrected chi connectivity index (χ0v) is 15.1. The fourth-order valence-corrected chi connectivity index (χ4v) is 1.54. The largest absolute Gasteiger partial charge is 0.468 e. The summed E-state index contributed by atoms with van der Waals surface area (Å²) in [6.07, 6.45) is -25.7. The van der Waals surface area contributed by atoms with Crippen molar-refractivity contribution in [2.45, 2.75) is 35.7 Å².